The molecular weight excluding hydrogens is 252 g/mol. The number of hydrogen-bond acceptors (Lipinski definition) is 3. The number of hydrogen-bond donors (Lipinski definition) is 1. The first kappa shape index (κ1) is 14.3. The molecule has 2 bridgehead atoms. The molecule has 2 N–H and O–H groups in total. The Labute approximate surface area is 122 Å². The molecule has 0 radical (unpaired) electrons. The molecule has 0 aromatic rings. The number of carbonyl (C=O) groups is 1. The molecule has 1 aliphatic heterocycles. The largest absolute Gasteiger partial charge is 0.375 e. The normalized spacial score (nSPS) is 41.5. The van der Waals surface area contributed by atoms with Gasteiger partial charge in [-0.15, -0.1) is 0 Å². The number of morpholine rings is 1. The molecule has 1 heterocycles. The van der Waals surface area contributed by atoms with E-state index in [9.17, 15) is 4.79 Å². The summed E-state index contributed by atoms with van der Waals surface area (Å²) in [6.07, 6.45) is 7.02. The summed E-state index contributed by atoms with van der Waals surface area (Å²) in [5.74, 6) is 1.76. The van der Waals surface area contributed by atoms with Crippen molar-refractivity contribution in [3.63, 3.8) is 0 Å². The lowest BCUT2D eigenvalue weighted by Crippen LogP contribution is -2.52. The second-order valence-electron chi connectivity index (χ2n) is 6.88. The summed E-state index contributed by atoms with van der Waals surface area (Å²) in [5.41, 5.74) is 6.32. The Balaban J connectivity index is 1.62. The van der Waals surface area contributed by atoms with E-state index in [4.69, 9.17) is 10.5 Å². The van der Waals surface area contributed by atoms with E-state index in [0.29, 0.717) is 30.4 Å². The van der Waals surface area contributed by atoms with Gasteiger partial charge in [0.15, 0.2) is 0 Å². The van der Waals surface area contributed by atoms with Gasteiger partial charge in [-0.3, -0.25) is 4.79 Å². The fourth-order valence-corrected chi connectivity index (χ4v) is 4.42. The summed E-state index contributed by atoms with van der Waals surface area (Å²) in [5, 5.41) is 0. The minimum absolute atomic E-state index is 0.223. The van der Waals surface area contributed by atoms with Crippen LogP contribution in [0, 0.1) is 17.8 Å². The van der Waals surface area contributed by atoms with E-state index in [1.165, 1.54) is 19.3 Å². The Hall–Kier alpha value is -0.610. The van der Waals surface area contributed by atoms with Crippen molar-refractivity contribution in [2.75, 3.05) is 19.7 Å². The first-order chi connectivity index (χ1) is 9.69. The Morgan fingerprint density at radius 2 is 2.00 bits per heavy atom. The summed E-state index contributed by atoms with van der Waals surface area (Å²) in [7, 11) is 0. The molecule has 1 saturated heterocycles. The average Bonchev–Trinajstić information content (AvgIpc) is 2.46. The number of nitrogens with zero attached hydrogens (tertiary/aromatic N) is 1. The standard InChI is InChI=1S/C16H28N2O2/c1-2-14-10-18(6-7-20-14)16(19)13-8-11-4-3-5-12(9-13)15(11)17/h11-15H,2-10,17H2,1H3. The molecule has 3 fully saturated rings. The van der Waals surface area contributed by atoms with E-state index < -0.39 is 0 Å². The molecular formula is C16H28N2O2. The summed E-state index contributed by atoms with van der Waals surface area (Å²) in [6.45, 7) is 4.38. The van der Waals surface area contributed by atoms with Crippen molar-refractivity contribution in [1.29, 1.82) is 0 Å². The van der Waals surface area contributed by atoms with Gasteiger partial charge in [-0.1, -0.05) is 13.3 Å². The van der Waals surface area contributed by atoms with E-state index >= 15 is 0 Å². The summed E-state index contributed by atoms with van der Waals surface area (Å²) < 4.78 is 5.67. The van der Waals surface area contributed by atoms with Gasteiger partial charge in [0.05, 0.1) is 12.7 Å². The van der Waals surface area contributed by atoms with Crippen molar-refractivity contribution in [1.82, 2.24) is 4.90 Å². The molecule has 4 nitrogen and oxygen atoms in total. The van der Waals surface area contributed by atoms with Crippen LogP contribution in [0.2, 0.25) is 0 Å². The van der Waals surface area contributed by atoms with Crippen molar-refractivity contribution in [3.05, 3.63) is 0 Å². The molecule has 3 rings (SSSR count). The van der Waals surface area contributed by atoms with Crippen LogP contribution in [0.4, 0.5) is 0 Å². The SMILES string of the molecule is CCC1CN(C(=O)C2CC3CCCC(C2)C3N)CCO1. The molecule has 114 valence electrons. The Morgan fingerprint density at radius 1 is 1.30 bits per heavy atom. The number of ether oxygens (including phenoxy) is 1. The lowest BCUT2D eigenvalue weighted by molar-refractivity contribution is -0.146. The molecule has 0 spiro atoms. The van der Waals surface area contributed by atoms with Crippen LogP contribution in [0.5, 0.6) is 0 Å². The molecule has 20 heavy (non-hydrogen) atoms. The second-order valence-corrected chi connectivity index (χ2v) is 6.88. The predicted octanol–water partition coefficient (Wildman–Crippen LogP) is 1.78. The zero-order chi connectivity index (χ0) is 14.1. The first-order valence-corrected chi connectivity index (χ1v) is 8.35. The van der Waals surface area contributed by atoms with Crippen LogP contribution in [0.15, 0.2) is 0 Å². The number of fused-ring (bicyclic) bond motifs is 2. The fourth-order valence-electron chi connectivity index (χ4n) is 4.42. The molecule has 4 heteroatoms. The molecule has 2 saturated carbocycles. The summed E-state index contributed by atoms with van der Waals surface area (Å²) in [4.78, 5) is 14.8. The first-order valence-electron chi connectivity index (χ1n) is 8.35. The van der Waals surface area contributed by atoms with E-state index in [0.717, 1.165) is 32.4 Å². The molecule has 1 amide bonds. The van der Waals surface area contributed by atoms with E-state index in [2.05, 4.69) is 11.8 Å². The Kier molecular flexibility index (Phi) is 4.32. The Bertz CT molecular complexity index is 346. The van der Waals surface area contributed by atoms with Gasteiger partial charge in [0.25, 0.3) is 0 Å². The van der Waals surface area contributed by atoms with Crippen LogP contribution in [0.1, 0.15) is 45.4 Å². The highest BCUT2D eigenvalue weighted by molar-refractivity contribution is 5.79. The third-order valence-electron chi connectivity index (χ3n) is 5.67. The monoisotopic (exact) mass is 280 g/mol. The number of nitrogens with two attached hydrogens (primary N) is 1. The van der Waals surface area contributed by atoms with Gasteiger partial charge in [-0.2, -0.15) is 0 Å². The van der Waals surface area contributed by atoms with Gasteiger partial charge in [0.2, 0.25) is 5.91 Å². The minimum atomic E-state index is 0.223. The van der Waals surface area contributed by atoms with Crippen molar-refractivity contribution in [3.8, 4) is 0 Å². The van der Waals surface area contributed by atoms with Crippen LogP contribution in [0.25, 0.3) is 0 Å². The highest BCUT2D eigenvalue weighted by Gasteiger charge is 2.42. The van der Waals surface area contributed by atoms with Gasteiger partial charge in [-0.25, -0.2) is 0 Å². The maximum atomic E-state index is 12.8. The quantitative estimate of drug-likeness (QED) is 0.839. The predicted molar refractivity (Wildman–Crippen MR) is 78.1 cm³/mol. The van der Waals surface area contributed by atoms with Crippen molar-refractivity contribution < 1.29 is 9.53 Å². The molecule has 0 aromatic carbocycles. The zero-order valence-electron chi connectivity index (χ0n) is 12.6. The maximum absolute atomic E-state index is 12.8. The van der Waals surface area contributed by atoms with Crippen LogP contribution in [-0.2, 0) is 9.53 Å². The van der Waals surface area contributed by atoms with Crippen molar-refractivity contribution in [2.45, 2.75) is 57.6 Å². The van der Waals surface area contributed by atoms with Crippen molar-refractivity contribution >= 4 is 5.91 Å². The van der Waals surface area contributed by atoms with Gasteiger partial charge in [0, 0.05) is 25.0 Å². The third-order valence-corrected chi connectivity index (χ3v) is 5.67. The number of carbonyl (C=O) groups excluding carboxylic acids is 1. The topological polar surface area (TPSA) is 55.6 Å². The van der Waals surface area contributed by atoms with Crippen LogP contribution in [0.3, 0.4) is 0 Å². The summed E-state index contributed by atoms with van der Waals surface area (Å²) >= 11 is 0. The fraction of sp³-hybridized carbons (Fsp3) is 0.938. The Morgan fingerprint density at radius 3 is 2.65 bits per heavy atom. The number of rotatable bonds is 2. The van der Waals surface area contributed by atoms with E-state index in [1.807, 2.05) is 0 Å². The second kappa shape index (κ2) is 6.02. The van der Waals surface area contributed by atoms with Crippen LogP contribution in [-0.4, -0.2) is 42.6 Å². The minimum Gasteiger partial charge on any atom is -0.375 e. The van der Waals surface area contributed by atoms with Crippen LogP contribution >= 0.6 is 0 Å². The van der Waals surface area contributed by atoms with E-state index in [-0.39, 0.29) is 12.0 Å². The maximum Gasteiger partial charge on any atom is 0.225 e. The molecule has 3 aliphatic rings. The lowest BCUT2D eigenvalue weighted by Gasteiger charge is -2.45. The van der Waals surface area contributed by atoms with Gasteiger partial charge in [0.1, 0.15) is 0 Å². The highest BCUT2D eigenvalue weighted by atomic mass is 16.5. The van der Waals surface area contributed by atoms with E-state index in [1.54, 1.807) is 0 Å². The third kappa shape index (κ3) is 2.73. The highest BCUT2D eigenvalue weighted by Crippen LogP contribution is 2.42. The smallest absolute Gasteiger partial charge is 0.225 e. The average molecular weight is 280 g/mol. The lowest BCUT2D eigenvalue weighted by atomic mass is 9.65. The van der Waals surface area contributed by atoms with Gasteiger partial charge < -0.3 is 15.4 Å². The molecule has 3 unspecified atom stereocenters. The zero-order valence-corrected chi connectivity index (χ0v) is 12.6. The van der Waals surface area contributed by atoms with Gasteiger partial charge >= 0.3 is 0 Å². The molecule has 3 atom stereocenters. The molecule has 2 aliphatic carbocycles. The van der Waals surface area contributed by atoms with Crippen LogP contribution < -0.4 is 5.73 Å². The van der Waals surface area contributed by atoms with Crippen molar-refractivity contribution in [2.24, 2.45) is 23.5 Å². The van der Waals surface area contributed by atoms with Gasteiger partial charge in [-0.05, 0) is 43.9 Å². The molecule has 0 aromatic heterocycles. The number of amides is 1. The summed E-state index contributed by atoms with van der Waals surface area (Å²) in [6, 6.07) is 0.348.